The van der Waals surface area contributed by atoms with E-state index < -0.39 is 34.8 Å². The molecule has 1 aliphatic rings. The molecule has 7 nitrogen and oxygen atoms in total. The first kappa shape index (κ1) is 20.5. The van der Waals surface area contributed by atoms with Crippen LogP contribution in [-0.2, 0) is 6.18 Å². The number of aromatic amines is 1. The largest absolute Gasteiger partial charge is 0.434 e. The predicted molar refractivity (Wildman–Crippen MR) is 104 cm³/mol. The smallest absolute Gasteiger partial charge is 0.324 e. The third kappa shape index (κ3) is 3.62. The molecule has 160 valence electrons. The molecule has 0 aliphatic carbocycles. The molecule has 0 saturated carbocycles. The van der Waals surface area contributed by atoms with Crippen molar-refractivity contribution in [3.8, 4) is 0 Å². The van der Waals surface area contributed by atoms with Crippen molar-refractivity contribution in [2.75, 3.05) is 16.5 Å². The molecule has 0 saturated heterocycles. The van der Waals surface area contributed by atoms with E-state index in [4.69, 9.17) is 0 Å². The van der Waals surface area contributed by atoms with E-state index in [1.807, 2.05) is 0 Å². The normalized spacial score (nSPS) is 14.1. The molecule has 0 unspecified atom stereocenters. The summed E-state index contributed by atoms with van der Waals surface area (Å²) in [5.41, 5.74) is -0.641. The zero-order chi connectivity index (χ0) is 22.5. The Balaban J connectivity index is 1.93. The van der Waals surface area contributed by atoms with Gasteiger partial charge in [-0.25, -0.2) is 14.4 Å². The molecule has 1 amide bonds. The minimum atomic E-state index is -4.80. The van der Waals surface area contributed by atoms with Crippen molar-refractivity contribution < 1.29 is 22.4 Å². The molecule has 2 aromatic heterocycles. The third-order valence-corrected chi connectivity index (χ3v) is 4.86. The molecule has 0 spiro atoms. The Bertz CT molecular complexity index is 1260. The van der Waals surface area contributed by atoms with E-state index in [0.717, 1.165) is 0 Å². The molecule has 1 aromatic carbocycles. The van der Waals surface area contributed by atoms with Crippen LogP contribution < -0.4 is 15.4 Å². The summed E-state index contributed by atoms with van der Waals surface area (Å²) in [5.74, 6) is -1.37. The average molecular weight is 433 g/mol. The number of hydrogen-bond acceptors (Lipinski definition) is 5. The lowest BCUT2D eigenvalue weighted by molar-refractivity contribution is -0.141. The molecule has 11 heteroatoms. The van der Waals surface area contributed by atoms with E-state index in [9.17, 15) is 27.2 Å². The highest BCUT2D eigenvalue weighted by atomic mass is 19.4. The van der Waals surface area contributed by atoms with Gasteiger partial charge in [0.05, 0.1) is 11.9 Å². The topological polar surface area (TPSA) is 82.2 Å². The van der Waals surface area contributed by atoms with E-state index in [1.54, 1.807) is 13.8 Å². The van der Waals surface area contributed by atoms with Crippen LogP contribution in [0.25, 0.3) is 0 Å². The van der Waals surface area contributed by atoms with Gasteiger partial charge < -0.3 is 9.88 Å². The van der Waals surface area contributed by atoms with Crippen molar-refractivity contribution in [2.24, 2.45) is 0 Å². The van der Waals surface area contributed by atoms with Gasteiger partial charge in [-0.1, -0.05) is 0 Å². The summed E-state index contributed by atoms with van der Waals surface area (Å²) in [6, 6.07) is 6.51. The summed E-state index contributed by atoms with van der Waals surface area (Å²) < 4.78 is 53.3. The van der Waals surface area contributed by atoms with Gasteiger partial charge in [0.15, 0.2) is 17.2 Å². The number of nitrogens with zero attached hydrogens (tertiary/aromatic N) is 4. The van der Waals surface area contributed by atoms with Gasteiger partial charge >= 0.3 is 6.18 Å². The van der Waals surface area contributed by atoms with Crippen molar-refractivity contribution in [2.45, 2.75) is 20.0 Å². The van der Waals surface area contributed by atoms with E-state index in [0.29, 0.717) is 28.8 Å². The molecule has 1 N–H and O–H groups in total. The number of nitrogens with one attached hydrogen (secondary N) is 1. The number of aromatic nitrogens is 3. The standard InChI is InChI=1S/C20H15F4N5O2/c1-10-7-12(21)3-4-13(10)28-9-29(14-5-6-16(30)26-11(14)2)19(31)17-18(28)25-8-15(27-17)20(22,23)24/h3-8H,9H2,1-2H3,(H,26,30). The van der Waals surface area contributed by atoms with Gasteiger partial charge in [-0.15, -0.1) is 0 Å². The monoisotopic (exact) mass is 433 g/mol. The van der Waals surface area contributed by atoms with Crippen LogP contribution in [0.3, 0.4) is 0 Å². The first-order chi connectivity index (χ1) is 14.6. The summed E-state index contributed by atoms with van der Waals surface area (Å²) in [6.07, 6.45) is -4.24. The molecule has 0 atom stereocenters. The highest BCUT2D eigenvalue weighted by Gasteiger charge is 2.39. The van der Waals surface area contributed by atoms with E-state index >= 15 is 0 Å². The molecule has 3 heterocycles. The fraction of sp³-hybridized carbons (Fsp3) is 0.200. The Morgan fingerprint density at radius 2 is 1.74 bits per heavy atom. The maximum Gasteiger partial charge on any atom is 0.434 e. The molecule has 3 aromatic rings. The number of hydrogen-bond donors (Lipinski definition) is 1. The Hall–Kier alpha value is -3.76. The molecule has 0 fully saturated rings. The first-order valence-electron chi connectivity index (χ1n) is 9.06. The van der Waals surface area contributed by atoms with Crippen molar-refractivity contribution in [1.29, 1.82) is 0 Å². The van der Waals surface area contributed by atoms with Crippen molar-refractivity contribution in [3.63, 3.8) is 0 Å². The van der Waals surface area contributed by atoms with Gasteiger partial charge in [0.25, 0.3) is 5.91 Å². The van der Waals surface area contributed by atoms with Gasteiger partial charge in [0.2, 0.25) is 5.56 Å². The van der Waals surface area contributed by atoms with Crippen LogP contribution in [0.5, 0.6) is 0 Å². The number of fused-ring (bicyclic) bond motifs is 1. The van der Waals surface area contributed by atoms with Crippen LogP contribution in [0.2, 0.25) is 0 Å². The number of anilines is 3. The molecular formula is C20H15F4N5O2. The predicted octanol–water partition coefficient (Wildman–Crippen LogP) is 3.70. The second kappa shape index (κ2) is 7.18. The fourth-order valence-electron chi connectivity index (χ4n) is 3.42. The number of benzene rings is 1. The summed E-state index contributed by atoms with van der Waals surface area (Å²) in [7, 11) is 0. The highest BCUT2D eigenvalue weighted by Crippen LogP contribution is 2.37. The zero-order valence-electron chi connectivity index (χ0n) is 16.3. The molecule has 0 radical (unpaired) electrons. The van der Waals surface area contributed by atoms with E-state index in [2.05, 4.69) is 15.0 Å². The third-order valence-electron chi connectivity index (χ3n) is 4.86. The number of halogens is 4. The lowest BCUT2D eigenvalue weighted by Crippen LogP contribution is -2.47. The quantitative estimate of drug-likeness (QED) is 0.624. The van der Waals surface area contributed by atoms with E-state index in [-0.39, 0.29) is 12.5 Å². The number of aryl methyl sites for hydroxylation is 2. The van der Waals surface area contributed by atoms with E-state index in [1.165, 1.54) is 40.1 Å². The summed E-state index contributed by atoms with van der Waals surface area (Å²) in [6.45, 7) is 3.05. The number of H-pyrrole nitrogens is 1. The lowest BCUT2D eigenvalue weighted by atomic mass is 10.1. The highest BCUT2D eigenvalue weighted by molar-refractivity contribution is 6.10. The number of carbonyl (C=O) groups is 1. The lowest BCUT2D eigenvalue weighted by Gasteiger charge is -2.37. The van der Waals surface area contributed by atoms with Gasteiger partial charge in [-0.05, 0) is 43.7 Å². The van der Waals surface area contributed by atoms with Gasteiger partial charge in [0, 0.05) is 17.4 Å². The molecule has 31 heavy (non-hydrogen) atoms. The van der Waals surface area contributed by atoms with Crippen LogP contribution in [-0.4, -0.2) is 27.5 Å². The zero-order valence-corrected chi connectivity index (χ0v) is 16.3. The second-order valence-electron chi connectivity index (χ2n) is 6.99. The maximum absolute atomic E-state index is 13.6. The van der Waals surface area contributed by atoms with Gasteiger partial charge in [-0.3, -0.25) is 14.5 Å². The van der Waals surface area contributed by atoms with Crippen LogP contribution in [0.4, 0.5) is 34.8 Å². The van der Waals surface area contributed by atoms with Crippen molar-refractivity contribution in [3.05, 3.63) is 75.3 Å². The van der Waals surface area contributed by atoms with Crippen LogP contribution in [0, 0.1) is 19.7 Å². The Kier molecular flexibility index (Phi) is 4.75. The summed E-state index contributed by atoms with van der Waals surface area (Å²) >= 11 is 0. The Labute approximate surface area is 173 Å². The molecule has 4 rings (SSSR count). The fourth-order valence-corrected chi connectivity index (χ4v) is 3.42. The number of carbonyl (C=O) groups excluding carboxylic acids is 1. The van der Waals surface area contributed by atoms with Gasteiger partial charge in [0.1, 0.15) is 12.5 Å². The Morgan fingerprint density at radius 3 is 2.39 bits per heavy atom. The van der Waals surface area contributed by atoms with Crippen molar-refractivity contribution >= 4 is 23.1 Å². The SMILES string of the molecule is Cc1cc(F)ccc1N1CN(c2ccc(=O)[nH]c2C)C(=O)c2nc(C(F)(F)F)cnc21. The number of amides is 1. The van der Waals surface area contributed by atoms with Crippen molar-refractivity contribution in [1.82, 2.24) is 15.0 Å². The summed E-state index contributed by atoms with van der Waals surface area (Å²) in [5, 5.41) is 0. The molecule has 1 aliphatic heterocycles. The minimum absolute atomic E-state index is 0.0777. The van der Waals surface area contributed by atoms with Gasteiger partial charge in [-0.2, -0.15) is 13.2 Å². The summed E-state index contributed by atoms with van der Waals surface area (Å²) in [4.78, 5) is 37.3. The Morgan fingerprint density at radius 1 is 1.03 bits per heavy atom. The number of alkyl halides is 3. The number of rotatable bonds is 2. The molecule has 0 bridgehead atoms. The first-order valence-corrected chi connectivity index (χ1v) is 9.06. The minimum Gasteiger partial charge on any atom is -0.324 e. The average Bonchev–Trinajstić information content (AvgIpc) is 2.68. The maximum atomic E-state index is 13.6. The molecular weight excluding hydrogens is 418 g/mol. The second-order valence-corrected chi connectivity index (χ2v) is 6.99. The number of pyridine rings is 1. The van der Waals surface area contributed by atoms with Crippen LogP contribution in [0.15, 0.2) is 41.3 Å². The van der Waals surface area contributed by atoms with Crippen LogP contribution >= 0.6 is 0 Å². The van der Waals surface area contributed by atoms with Crippen LogP contribution in [0.1, 0.15) is 27.4 Å².